The lowest BCUT2D eigenvalue weighted by molar-refractivity contribution is -0.121. The Morgan fingerprint density at radius 3 is 2.58 bits per heavy atom. The second-order valence-corrected chi connectivity index (χ2v) is 7.49. The molecule has 1 N–H and O–H groups in total. The third kappa shape index (κ3) is 3.17. The maximum atomic E-state index is 13.2. The highest BCUT2D eigenvalue weighted by Crippen LogP contribution is 2.42. The van der Waals surface area contributed by atoms with E-state index in [1.54, 1.807) is 0 Å². The van der Waals surface area contributed by atoms with Crippen LogP contribution in [0.25, 0.3) is 11.5 Å². The Balaban J connectivity index is 1.62. The normalized spacial score (nSPS) is 15.7. The third-order valence-corrected chi connectivity index (χ3v) is 5.54. The van der Waals surface area contributed by atoms with Crippen LogP contribution in [0.4, 0.5) is 5.69 Å². The van der Waals surface area contributed by atoms with Gasteiger partial charge in [0.25, 0.3) is 0 Å². The van der Waals surface area contributed by atoms with Crippen LogP contribution in [0.2, 0.25) is 0 Å². The first kappa shape index (κ1) is 17.0. The van der Waals surface area contributed by atoms with Crippen molar-refractivity contribution < 1.29 is 9.21 Å². The SMILES string of the molecule is O=C(Nc1cccc(-c2nnco2)c1)C1(c2ccc(Br)cc2)CCCC1. The fourth-order valence-electron chi connectivity index (χ4n) is 3.67. The standard InChI is InChI=1S/C20H18BrN3O2/c21-16-8-6-15(7-9-16)20(10-1-2-11-20)19(25)23-17-5-3-4-14(12-17)18-24-22-13-26-18/h3-9,12-13H,1-2,10-11H2,(H,23,25). The number of amides is 1. The molecule has 1 heterocycles. The molecular formula is C20H18BrN3O2. The molecule has 0 atom stereocenters. The average Bonchev–Trinajstić information content (AvgIpc) is 3.35. The van der Waals surface area contributed by atoms with Crippen LogP contribution in [0, 0.1) is 0 Å². The molecule has 5 nitrogen and oxygen atoms in total. The molecule has 1 aromatic heterocycles. The molecule has 0 bridgehead atoms. The first-order valence-corrected chi connectivity index (χ1v) is 9.41. The fourth-order valence-corrected chi connectivity index (χ4v) is 3.94. The molecule has 132 valence electrons. The maximum absolute atomic E-state index is 13.2. The second kappa shape index (κ2) is 7.03. The van der Waals surface area contributed by atoms with Crippen LogP contribution >= 0.6 is 15.9 Å². The minimum atomic E-state index is -0.471. The minimum Gasteiger partial charge on any atom is -0.423 e. The number of anilines is 1. The Bertz CT molecular complexity index is 901. The zero-order valence-corrected chi connectivity index (χ0v) is 15.7. The molecule has 6 heteroatoms. The van der Waals surface area contributed by atoms with Gasteiger partial charge in [0.05, 0.1) is 5.41 Å². The molecule has 3 aromatic rings. The fraction of sp³-hybridized carbons (Fsp3) is 0.250. The van der Waals surface area contributed by atoms with Crippen molar-refractivity contribution in [2.75, 3.05) is 5.32 Å². The van der Waals surface area contributed by atoms with E-state index in [1.165, 1.54) is 6.39 Å². The number of halogens is 1. The number of aromatic nitrogens is 2. The molecule has 2 aromatic carbocycles. The number of nitrogens with one attached hydrogen (secondary N) is 1. The Morgan fingerprint density at radius 1 is 1.12 bits per heavy atom. The lowest BCUT2D eigenvalue weighted by Gasteiger charge is -2.28. The Labute approximate surface area is 160 Å². The number of carbonyl (C=O) groups is 1. The summed E-state index contributed by atoms with van der Waals surface area (Å²) in [5, 5.41) is 10.7. The van der Waals surface area contributed by atoms with E-state index < -0.39 is 5.41 Å². The van der Waals surface area contributed by atoms with Gasteiger partial charge in [0.1, 0.15) is 0 Å². The predicted molar refractivity (Wildman–Crippen MR) is 103 cm³/mol. The molecule has 1 aliphatic carbocycles. The van der Waals surface area contributed by atoms with Gasteiger partial charge < -0.3 is 9.73 Å². The summed E-state index contributed by atoms with van der Waals surface area (Å²) in [7, 11) is 0. The van der Waals surface area contributed by atoms with E-state index in [9.17, 15) is 4.79 Å². The molecule has 0 saturated heterocycles. The molecule has 1 fully saturated rings. The van der Waals surface area contributed by atoms with Gasteiger partial charge in [-0.1, -0.05) is 47.0 Å². The van der Waals surface area contributed by atoms with Gasteiger partial charge in [-0.05, 0) is 48.7 Å². The average molecular weight is 412 g/mol. The van der Waals surface area contributed by atoms with Gasteiger partial charge in [-0.25, -0.2) is 0 Å². The van der Waals surface area contributed by atoms with Crippen LogP contribution in [-0.4, -0.2) is 16.1 Å². The number of hydrogen-bond acceptors (Lipinski definition) is 4. The minimum absolute atomic E-state index is 0.0417. The van der Waals surface area contributed by atoms with Crippen molar-refractivity contribution in [3.63, 3.8) is 0 Å². The highest BCUT2D eigenvalue weighted by atomic mass is 79.9. The van der Waals surface area contributed by atoms with E-state index in [4.69, 9.17) is 4.42 Å². The van der Waals surface area contributed by atoms with Crippen molar-refractivity contribution in [1.82, 2.24) is 10.2 Å². The number of carbonyl (C=O) groups excluding carboxylic acids is 1. The Morgan fingerprint density at radius 2 is 1.88 bits per heavy atom. The summed E-state index contributed by atoms with van der Waals surface area (Å²) >= 11 is 3.47. The summed E-state index contributed by atoms with van der Waals surface area (Å²) in [5.74, 6) is 0.476. The molecule has 1 aliphatic rings. The second-order valence-electron chi connectivity index (χ2n) is 6.57. The number of hydrogen-bond donors (Lipinski definition) is 1. The maximum Gasteiger partial charge on any atom is 0.247 e. The molecular weight excluding hydrogens is 394 g/mol. The summed E-state index contributed by atoms with van der Waals surface area (Å²) in [6.45, 7) is 0. The summed E-state index contributed by atoms with van der Waals surface area (Å²) in [4.78, 5) is 13.2. The van der Waals surface area contributed by atoms with Gasteiger partial charge in [0.2, 0.25) is 18.2 Å². The van der Waals surface area contributed by atoms with Gasteiger partial charge in [-0.2, -0.15) is 0 Å². The van der Waals surface area contributed by atoms with Crippen LogP contribution in [0.5, 0.6) is 0 Å². The van der Waals surface area contributed by atoms with Crippen LogP contribution in [0.15, 0.2) is 63.8 Å². The third-order valence-electron chi connectivity index (χ3n) is 5.02. The first-order chi connectivity index (χ1) is 12.7. The van der Waals surface area contributed by atoms with E-state index in [2.05, 4.69) is 31.4 Å². The molecule has 0 aliphatic heterocycles. The van der Waals surface area contributed by atoms with Crippen molar-refractivity contribution in [3.05, 3.63) is 65.0 Å². The first-order valence-electron chi connectivity index (χ1n) is 8.61. The number of benzene rings is 2. The summed E-state index contributed by atoms with van der Waals surface area (Å²) in [5.41, 5.74) is 2.11. The van der Waals surface area contributed by atoms with Crippen molar-refractivity contribution in [3.8, 4) is 11.5 Å². The molecule has 26 heavy (non-hydrogen) atoms. The smallest absolute Gasteiger partial charge is 0.247 e. The predicted octanol–water partition coefficient (Wildman–Crippen LogP) is 4.95. The van der Waals surface area contributed by atoms with Crippen molar-refractivity contribution in [1.29, 1.82) is 0 Å². The molecule has 1 amide bonds. The summed E-state index contributed by atoms with van der Waals surface area (Å²) < 4.78 is 6.26. The zero-order chi connectivity index (χ0) is 18.0. The van der Waals surface area contributed by atoms with E-state index in [0.717, 1.165) is 47.0 Å². The van der Waals surface area contributed by atoms with Crippen molar-refractivity contribution in [2.45, 2.75) is 31.1 Å². The van der Waals surface area contributed by atoms with E-state index >= 15 is 0 Å². The number of rotatable bonds is 4. The highest BCUT2D eigenvalue weighted by Gasteiger charge is 2.42. The Kier molecular flexibility index (Phi) is 4.59. The molecule has 0 spiro atoms. The van der Waals surface area contributed by atoms with Crippen LogP contribution in [-0.2, 0) is 10.2 Å². The molecule has 4 rings (SSSR count). The van der Waals surface area contributed by atoms with Gasteiger partial charge in [0, 0.05) is 15.7 Å². The summed E-state index contributed by atoms with van der Waals surface area (Å²) in [6, 6.07) is 15.6. The lowest BCUT2D eigenvalue weighted by atomic mass is 9.78. The van der Waals surface area contributed by atoms with E-state index in [0.29, 0.717) is 5.89 Å². The highest BCUT2D eigenvalue weighted by molar-refractivity contribution is 9.10. The number of nitrogens with zero attached hydrogens (tertiary/aromatic N) is 2. The van der Waals surface area contributed by atoms with Crippen molar-refractivity contribution >= 4 is 27.5 Å². The van der Waals surface area contributed by atoms with Gasteiger partial charge in [-0.15, -0.1) is 10.2 Å². The molecule has 0 radical (unpaired) electrons. The zero-order valence-electron chi connectivity index (χ0n) is 14.1. The van der Waals surface area contributed by atoms with Crippen molar-refractivity contribution in [2.24, 2.45) is 0 Å². The Hall–Kier alpha value is -2.47. The largest absolute Gasteiger partial charge is 0.423 e. The van der Waals surface area contributed by atoms with Gasteiger partial charge >= 0.3 is 0 Å². The van der Waals surface area contributed by atoms with Crippen LogP contribution in [0.1, 0.15) is 31.2 Å². The van der Waals surface area contributed by atoms with E-state index in [1.807, 2.05) is 48.5 Å². The van der Waals surface area contributed by atoms with Crippen LogP contribution < -0.4 is 5.32 Å². The lowest BCUT2D eigenvalue weighted by Crippen LogP contribution is -2.37. The van der Waals surface area contributed by atoms with Gasteiger partial charge in [0.15, 0.2) is 0 Å². The topological polar surface area (TPSA) is 68.0 Å². The van der Waals surface area contributed by atoms with Crippen LogP contribution in [0.3, 0.4) is 0 Å². The monoisotopic (exact) mass is 411 g/mol. The van der Waals surface area contributed by atoms with Gasteiger partial charge in [-0.3, -0.25) is 4.79 Å². The molecule has 0 unspecified atom stereocenters. The quantitative estimate of drug-likeness (QED) is 0.659. The molecule has 1 saturated carbocycles. The summed E-state index contributed by atoms with van der Waals surface area (Å²) in [6.07, 6.45) is 5.15. The van der Waals surface area contributed by atoms with E-state index in [-0.39, 0.29) is 5.91 Å².